The van der Waals surface area contributed by atoms with Gasteiger partial charge in [0.1, 0.15) is 0 Å². The van der Waals surface area contributed by atoms with Crippen LogP contribution in [0.15, 0.2) is 35.2 Å². The minimum atomic E-state index is -0.316. The molecular formula is C19H17N3O2S. The molecule has 2 amide bonds. The van der Waals surface area contributed by atoms with Gasteiger partial charge in [0.05, 0.1) is 23.1 Å². The summed E-state index contributed by atoms with van der Waals surface area (Å²) in [6, 6.07) is 11.1. The van der Waals surface area contributed by atoms with Crippen LogP contribution in [0.4, 0.5) is 4.79 Å². The maximum absolute atomic E-state index is 12.7. The number of nitrogens with zero attached hydrogens (tertiary/aromatic N) is 3. The van der Waals surface area contributed by atoms with Crippen molar-refractivity contribution in [3.63, 3.8) is 0 Å². The molecule has 1 aliphatic heterocycles. The summed E-state index contributed by atoms with van der Waals surface area (Å²) in [7, 11) is 1.96. The molecule has 1 aliphatic rings. The van der Waals surface area contributed by atoms with Crippen molar-refractivity contribution in [3.8, 4) is 6.07 Å². The van der Waals surface area contributed by atoms with E-state index in [0.717, 1.165) is 28.7 Å². The molecular weight excluding hydrogens is 334 g/mol. The fraction of sp³-hybridized carbons (Fsp3) is 0.211. The average molecular weight is 351 g/mol. The van der Waals surface area contributed by atoms with E-state index in [2.05, 4.69) is 6.07 Å². The van der Waals surface area contributed by atoms with E-state index in [1.807, 2.05) is 31.5 Å². The van der Waals surface area contributed by atoms with Crippen LogP contribution in [-0.2, 0) is 18.4 Å². The Hall–Kier alpha value is -2.78. The van der Waals surface area contributed by atoms with E-state index in [4.69, 9.17) is 0 Å². The summed E-state index contributed by atoms with van der Waals surface area (Å²) in [5.41, 5.74) is 4.20. The van der Waals surface area contributed by atoms with E-state index >= 15 is 0 Å². The third-order valence-corrected chi connectivity index (χ3v) is 5.35. The molecule has 1 aromatic heterocycles. The van der Waals surface area contributed by atoms with Gasteiger partial charge < -0.3 is 4.57 Å². The lowest BCUT2D eigenvalue weighted by Crippen LogP contribution is -2.27. The zero-order chi connectivity index (χ0) is 18.1. The number of amides is 2. The maximum Gasteiger partial charge on any atom is 0.293 e. The fourth-order valence-electron chi connectivity index (χ4n) is 2.75. The first-order chi connectivity index (χ1) is 11.9. The van der Waals surface area contributed by atoms with Crippen LogP contribution in [0.5, 0.6) is 0 Å². The zero-order valence-corrected chi connectivity index (χ0v) is 15.1. The quantitative estimate of drug-likeness (QED) is 0.790. The van der Waals surface area contributed by atoms with Crippen LogP contribution < -0.4 is 0 Å². The molecule has 0 aliphatic carbocycles. The van der Waals surface area contributed by atoms with Gasteiger partial charge in [-0.25, -0.2) is 0 Å². The summed E-state index contributed by atoms with van der Waals surface area (Å²) < 4.78 is 2.04. The molecule has 2 aromatic rings. The van der Waals surface area contributed by atoms with Crippen molar-refractivity contribution in [2.24, 2.45) is 7.05 Å². The van der Waals surface area contributed by atoms with Crippen LogP contribution in [0, 0.1) is 25.2 Å². The van der Waals surface area contributed by atoms with Gasteiger partial charge in [0.25, 0.3) is 11.1 Å². The molecule has 0 unspecified atom stereocenters. The van der Waals surface area contributed by atoms with Crippen LogP contribution >= 0.6 is 11.8 Å². The first-order valence-electron chi connectivity index (χ1n) is 7.78. The number of carbonyl (C=O) groups is 2. The number of benzene rings is 1. The zero-order valence-electron chi connectivity index (χ0n) is 14.2. The molecule has 25 heavy (non-hydrogen) atoms. The standard InChI is InChI=1S/C19H17N3O2S/c1-12-8-16(13(2)21(12)3)9-17-18(23)22(19(24)25-17)11-15-7-5-4-6-14(15)10-20/h4-9H,11H2,1-3H3. The van der Waals surface area contributed by atoms with E-state index in [9.17, 15) is 14.9 Å². The van der Waals surface area contributed by atoms with Crippen LogP contribution in [0.3, 0.4) is 0 Å². The summed E-state index contributed by atoms with van der Waals surface area (Å²) in [6.07, 6.45) is 1.77. The van der Waals surface area contributed by atoms with Gasteiger partial charge in [0, 0.05) is 18.4 Å². The highest BCUT2D eigenvalue weighted by Crippen LogP contribution is 2.34. The third kappa shape index (κ3) is 3.11. The summed E-state index contributed by atoms with van der Waals surface area (Å²) in [6.45, 7) is 4.08. The molecule has 1 aromatic carbocycles. The Morgan fingerprint density at radius 3 is 2.60 bits per heavy atom. The second-order valence-electron chi connectivity index (χ2n) is 5.92. The lowest BCUT2D eigenvalue weighted by atomic mass is 10.1. The van der Waals surface area contributed by atoms with Crippen LogP contribution in [-0.4, -0.2) is 20.6 Å². The van der Waals surface area contributed by atoms with Crippen molar-refractivity contribution in [1.29, 1.82) is 5.26 Å². The molecule has 6 heteroatoms. The Kier molecular flexibility index (Phi) is 4.51. The van der Waals surface area contributed by atoms with Crippen LogP contribution in [0.25, 0.3) is 6.08 Å². The molecule has 0 spiro atoms. The number of aryl methyl sites for hydroxylation is 1. The van der Waals surface area contributed by atoms with Gasteiger partial charge in [0.15, 0.2) is 0 Å². The Labute approximate surface area is 150 Å². The second-order valence-corrected chi connectivity index (χ2v) is 6.92. The average Bonchev–Trinajstić information content (AvgIpc) is 3.00. The number of nitriles is 1. The highest BCUT2D eigenvalue weighted by molar-refractivity contribution is 8.18. The van der Waals surface area contributed by atoms with Gasteiger partial charge in [-0.1, -0.05) is 18.2 Å². The maximum atomic E-state index is 12.7. The number of carbonyl (C=O) groups excluding carboxylic acids is 2. The SMILES string of the molecule is Cc1cc(C=C2SC(=O)N(Cc3ccccc3C#N)C2=O)c(C)n1C. The van der Waals surface area contributed by atoms with Gasteiger partial charge in [-0.2, -0.15) is 5.26 Å². The van der Waals surface area contributed by atoms with Crippen molar-refractivity contribution in [1.82, 2.24) is 9.47 Å². The van der Waals surface area contributed by atoms with Gasteiger partial charge in [0.2, 0.25) is 0 Å². The Morgan fingerprint density at radius 2 is 1.96 bits per heavy atom. The predicted octanol–water partition coefficient (Wildman–Crippen LogP) is 3.75. The molecule has 5 nitrogen and oxygen atoms in total. The number of rotatable bonds is 3. The van der Waals surface area contributed by atoms with Crippen molar-refractivity contribution >= 4 is 29.0 Å². The van der Waals surface area contributed by atoms with E-state index < -0.39 is 0 Å². The Balaban J connectivity index is 1.89. The first kappa shape index (κ1) is 17.1. The second kappa shape index (κ2) is 6.61. The third-order valence-electron chi connectivity index (χ3n) is 4.44. The van der Waals surface area contributed by atoms with Crippen molar-refractivity contribution < 1.29 is 9.59 Å². The Bertz CT molecular complexity index is 950. The van der Waals surface area contributed by atoms with Crippen LogP contribution in [0.1, 0.15) is 28.1 Å². The monoisotopic (exact) mass is 351 g/mol. The molecule has 1 fully saturated rings. The molecule has 1 saturated heterocycles. The van der Waals surface area contributed by atoms with Crippen molar-refractivity contribution in [3.05, 3.63) is 63.3 Å². The highest BCUT2D eigenvalue weighted by atomic mass is 32.2. The number of thioether (sulfide) groups is 1. The summed E-state index contributed by atoms with van der Waals surface area (Å²) >= 11 is 0.940. The topological polar surface area (TPSA) is 66.1 Å². The van der Waals surface area contributed by atoms with E-state index in [0.29, 0.717) is 16.0 Å². The molecule has 126 valence electrons. The number of aromatic nitrogens is 1. The summed E-state index contributed by atoms with van der Waals surface area (Å²) in [4.78, 5) is 26.5. The van der Waals surface area contributed by atoms with Gasteiger partial charge >= 0.3 is 0 Å². The molecule has 3 rings (SSSR count). The van der Waals surface area contributed by atoms with Crippen LogP contribution in [0.2, 0.25) is 0 Å². The normalized spacial score (nSPS) is 15.9. The minimum Gasteiger partial charge on any atom is -0.352 e. The largest absolute Gasteiger partial charge is 0.352 e. The number of hydrogen-bond acceptors (Lipinski definition) is 4. The molecule has 0 atom stereocenters. The Morgan fingerprint density at radius 1 is 1.24 bits per heavy atom. The van der Waals surface area contributed by atoms with Crippen molar-refractivity contribution in [2.45, 2.75) is 20.4 Å². The summed E-state index contributed by atoms with van der Waals surface area (Å²) in [5.74, 6) is -0.316. The molecule has 0 radical (unpaired) electrons. The summed E-state index contributed by atoms with van der Waals surface area (Å²) in [5, 5.41) is 8.86. The van der Waals surface area contributed by atoms with E-state index in [1.165, 1.54) is 4.90 Å². The fourth-order valence-corrected chi connectivity index (χ4v) is 3.57. The molecule has 2 heterocycles. The smallest absolute Gasteiger partial charge is 0.293 e. The number of hydrogen-bond donors (Lipinski definition) is 0. The lowest BCUT2D eigenvalue weighted by molar-refractivity contribution is -0.123. The molecule has 0 N–H and O–H groups in total. The molecule has 0 saturated carbocycles. The number of imide groups is 1. The molecule has 0 bridgehead atoms. The lowest BCUT2D eigenvalue weighted by Gasteiger charge is -2.13. The van der Waals surface area contributed by atoms with Gasteiger partial charge in [-0.05, 0) is 54.9 Å². The minimum absolute atomic E-state index is 0.110. The highest BCUT2D eigenvalue weighted by Gasteiger charge is 2.35. The first-order valence-corrected chi connectivity index (χ1v) is 8.60. The predicted molar refractivity (Wildman–Crippen MR) is 97.6 cm³/mol. The van der Waals surface area contributed by atoms with Gasteiger partial charge in [-0.15, -0.1) is 0 Å². The van der Waals surface area contributed by atoms with E-state index in [1.54, 1.807) is 30.3 Å². The van der Waals surface area contributed by atoms with Crippen molar-refractivity contribution in [2.75, 3.05) is 0 Å². The van der Waals surface area contributed by atoms with Gasteiger partial charge in [-0.3, -0.25) is 14.5 Å². The van der Waals surface area contributed by atoms with E-state index in [-0.39, 0.29) is 17.7 Å².